The van der Waals surface area contributed by atoms with Gasteiger partial charge in [-0.3, -0.25) is 4.89 Å². The third-order valence-corrected chi connectivity index (χ3v) is 1.94. The van der Waals surface area contributed by atoms with Crippen LogP contribution in [0, 0.1) is 6.92 Å². The lowest BCUT2D eigenvalue weighted by Gasteiger charge is -2.09. The van der Waals surface area contributed by atoms with Crippen LogP contribution in [-0.2, 0) is 14.5 Å². The predicted octanol–water partition coefficient (Wildman–Crippen LogP) is 2.12. The Morgan fingerprint density at radius 1 is 1.44 bits per heavy atom. The summed E-state index contributed by atoms with van der Waals surface area (Å²) in [5, 5.41) is 0. The highest BCUT2D eigenvalue weighted by Gasteiger charge is 2.10. The van der Waals surface area contributed by atoms with Gasteiger partial charge >= 0.3 is 5.97 Å². The summed E-state index contributed by atoms with van der Waals surface area (Å²) < 4.78 is 4.84. The second kappa shape index (κ2) is 6.25. The molecule has 0 aliphatic carbocycles. The Balaban J connectivity index is 2.47. The topological polar surface area (TPSA) is 44.8 Å². The number of rotatable bonds is 5. The molecule has 1 rings (SSSR count). The molecule has 1 atom stereocenters. The first-order chi connectivity index (χ1) is 7.63. The maximum atomic E-state index is 11.5. The Morgan fingerprint density at radius 2 is 2.19 bits per heavy atom. The van der Waals surface area contributed by atoms with Gasteiger partial charge in [-0.2, -0.15) is 4.89 Å². The van der Waals surface area contributed by atoms with Crippen LogP contribution < -0.4 is 0 Å². The molecule has 0 amide bonds. The Bertz CT molecular complexity index is 349. The number of hydrogen-bond acceptors (Lipinski definition) is 4. The molecule has 0 aliphatic heterocycles. The monoisotopic (exact) mass is 224 g/mol. The van der Waals surface area contributed by atoms with Crippen LogP contribution in [-0.4, -0.2) is 25.8 Å². The van der Waals surface area contributed by atoms with Crippen molar-refractivity contribution in [3.05, 3.63) is 35.4 Å². The molecule has 0 heterocycles. The van der Waals surface area contributed by atoms with Crippen molar-refractivity contribution in [1.29, 1.82) is 0 Å². The summed E-state index contributed by atoms with van der Waals surface area (Å²) in [4.78, 5) is 21.1. The van der Waals surface area contributed by atoms with Crippen LogP contribution in [0.15, 0.2) is 24.3 Å². The lowest BCUT2D eigenvalue weighted by molar-refractivity contribution is -0.276. The molecular weight excluding hydrogens is 208 g/mol. The van der Waals surface area contributed by atoms with E-state index in [0.717, 1.165) is 5.56 Å². The van der Waals surface area contributed by atoms with Crippen molar-refractivity contribution in [2.75, 3.05) is 13.7 Å². The molecule has 0 aliphatic rings. The molecule has 4 heteroatoms. The molecular formula is C12H16O4. The molecule has 0 fully saturated rings. The molecule has 16 heavy (non-hydrogen) atoms. The number of carbonyl (C=O) groups is 1. The first kappa shape index (κ1) is 12.7. The van der Waals surface area contributed by atoms with Gasteiger partial charge in [0.05, 0.1) is 12.2 Å². The molecule has 88 valence electrons. The average molecular weight is 224 g/mol. The second-order valence-electron chi connectivity index (χ2n) is 3.60. The zero-order valence-corrected chi connectivity index (χ0v) is 9.73. The molecule has 4 nitrogen and oxygen atoms in total. The molecule has 0 radical (unpaired) electrons. The highest BCUT2D eigenvalue weighted by molar-refractivity contribution is 5.89. The van der Waals surface area contributed by atoms with Gasteiger partial charge in [-0.1, -0.05) is 17.7 Å². The van der Waals surface area contributed by atoms with E-state index in [9.17, 15) is 4.79 Å². The van der Waals surface area contributed by atoms with E-state index in [-0.39, 0.29) is 6.10 Å². The van der Waals surface area contributed by atoms with E-state index in [2.05, 4.69) is 4.89 Å². The van der Waals surface area contributed by atoms with Crippen molar-refractivity contribution in [3.8, 4) is 0 Å². The zero-order chi connectivity index (χ0) is 12.0. The highest BCUT2D eigenvalue weighted by Crippen LogP contribution is 2.06. The zero-order valence-electron chi connectivity index (χ0n) is 9.73. The van der Waals surface area contributed by atoms with Gasteiger partial charge in [0.15, 0.2) is 0 Å². The van der Waals surface area contributed by atoms with Gasteiger partial charge in [-0.05, 0) is 26.0 Å². The summed E-state index contributed by atoms with van der Waals surface area (Å²) in [7, 11) is 1.56. The third kappa shape index (κ3) is 4.00. The fourth-order valence-electron chi connectivity index (χ4n) is 1.21. The third-order valence-electron chi connectivity index (χ3n) is 1.94. The fraction of sp³-hybridized carbons (Fsp3) is 0.417. The van der Waals surface area contributed by atoms with Gasteiger partial charge in [-0.15, -0.1) is 0 Å². The maximum Gasteiger partial charge on any atom is 0.373 e. The number of carbonyl (C=O) groups excluding carboxylic acids is 1. The van der Waals surface area contributed by atoms with E-state index in [1.807, 2.05) is 13.0 Å². The molecule has 1 unspecified atom stereocenters. The Morgan fingerprint density at radius 3 is 2.81 bits per heavy atom. The summed E-state index contributed by atoms with van der Waals surface area (Å²) in [5.74, 6) is -0.494. The van der Waals surface area contributed by atoms with Crippen LogP contribution in [0.25, 0.3) is 0 Å². The predicted molar refractivity (Wildman–Crippen MR) is 59.0 cm³/mol. The molecule has 0 saturated heterocycles. The van der Waals surface area contributed by atoms with Crippen molar-refractivity contribution in [3.63, 3.8) is 0 Å². The minimum absolute atomic E-state index is 0.279. The normalized spacial score (nSPS) is 12.2. The van der Waals surface area contributed by atoms with Crippen molar-refractivity contribution in [2.45, 2.75) is 20.0 Å². The number of ether oxygens (including phenoxy) is 1. The quantitative estimate of drug-likeness (QED) is 0.567. The van der Waals surface area contributed by atoms with Crippen molar-refractivity contribution < 1.29 is 19.3 Å². The van der Waals surface area contributed by atoms with Crippen molar-refractivity contribution >= 4 is 5.97 Å². The van der Waals surface area contributed by atoms with Gasteiger partial charge in [0.25, 0.3) is 0 Å². The number of benzene rings is 1. The fourth-order valence-corrected chi connectivity index (χ4v) is 1.21. The number of methoxy groups -OCH3 is 1. The van der Waals surface area contributed by atoms with Gasteiger partial charge in [0.2, 0.25) is 0 Å². The molecule has 0 aromatic heterocycles. The summed E-state index contributed by atoms with van der Waals surface area (Å²) in [5.41, 5.74) is 1.48. The summed E-state index contributed by atoms with van der Waals surface area (Å²) in [6.07, 6.45) is -0.279. The molecule has 0 spiro atoms. The van der Waals surface area contributed by atoms with Gasteiger partial charge in [0.1, 0.15) is 6.10 Å². The Hall–Kier alpha value is -1.39. The first-order valence-corrected chi connectivity index (χ1v) is 5.06. The number of aryl methyl sites for hydroxylation is 1. The Labute approximate surface area is 95.1 Å². The van der Waals surface area contributed by atoms with E-state index in [4.69, 9.17) is 9.62 Å². The molecule has 1 aromatic carbocycles. The molecule has 0 N–H and O–H groups in total. The van der Waals surface area contributed by atoms with Crippen LogP contribution in [0.4, 0.5) is 0 Å². The maximum absolute atomic E-state index is 11.5. The number of hydrogen-bond donors (Lipinski definition) is 0. The van der Waals surface area contributed by atoms with Crippen LogP contribution in [0.3, 0.4) is 0 Å². The second-order valence-corrected chi connectivity index (χ2v) is 3.60. The summed E-state index contributed by atoms with van der Waals surface area (Å²) in [6, 6.07) is 7.13. The van der Waals surface area contributed by atoms with E-state index < -0.39 is 5.97 Å². The minimum atomic E-state index is -0.494. The Kier molecular flexibility index (Phi) is 4.95. The smallest absolute Gasteiger partial charge is 0.373 e. The highest BCUT2D eigenvalue weighted by atomic mass is 17.2. The summed E-state index contributed by atoms with van der Waals surface area (Å²) in [6.45, 7) is 4.04. The molecule has 1 aromatic rings. The van der Waals surface area contributed by atoms with Crippen LogP contribution >= 0.6 is 0 Å². The van der Waals surface area contributed by atoms with Crippen LogP contribution in [0.5, 0.6) is 0 Å². The lowest BCUT2D eigenvalue weighted by Crippen LogP contribution is -2.18. The van der Waals surface area contributed by atoms with Crippen molar-refractivity contribution in [1.82, 2.24) is 0 Å². The van der Waals surface area contributed by atoms with Gasteiger partial charge in [-0.25, -0.2) is 4.79 Å². The summed E-state index contributed by atoms with van der Waals surface area (Å²) >= 11 is 0. The average Bonchev–Trinajstić information content (AvgIpc) is 2.26. The van der Waals surface area contributed by atoms with Crippen LogP contribution in [0.1, 0.15) is 22.8 Å². The van der Waals surface area contributed by atoms with Gasteiger partial charge in [0, 0.05) is 7.11 Å². The minimum Gasteiger partial charge on any atom is -0.382 e. The van der Waals surface area contributed by atoms with E-state index in [1.165, 1.54) is 0 Å². The standard InChI is InChI=1S/C12H16O4/c1-9-5-4-6-11(7-9)12(13)16-15-10(2)8-14-3/h4-7,10H,8H2,1-3H3. The van der Waals surface area contributed by atoms with Crippen LogP contribution in [0.2, 0.25) is 0 Å². The van der Waals surface area contributed by atoms with E-state index in [0.29, 0.717) is 12.2 Å². The van der Waals surface area contributed by atoms with Gasteiger partial charge < -0.3 is 4.74 Å². The largest absolute Gasteiger partial charge is 0.382 e. The molecule has 0 bridgehead atoms. The van der Waals surface area contributed by atoms with E-state index in [1.54, 1.807) is 32.2 Å². The molecule has 0 saturated carbocycles. The SMILES string of the molecule is COCC(C)OOC(=O)c1cccc(C)c1. The lowest BCUT2D eigenvalue weighted by atomic mass is 10.1. The van der Waals surface area contributed by atoms with E-state index >= 15 is 0 Å². The first-order valence-electron chi connectivity index (χ1n) is 5.06. The van der Waals surface area contributed by atoms with Crippen molar-refractivity contribution in [2.24, 2.45) is 0 Å².